The van der Waals surface area contributed by atoms with E-state index in [9.17, 15) is 9.59 Å². The van der Waals surface area contributed by atoms with Crippen LogP contribution in [-0.4, -0.2) is 42.7 Å². The second-order valence-electron chi connectivity index (χ2n) is 6.10. The summed E-state index contributed by atoms with van der Waals surface area (Å²) in [6.45, 7) is 0. The molecule has 0 saturated carbocycles. The number of rotatable bonds is 2. The molecule has 7 nitrogen and oxygen atoms in total. The molecule has 2 aliphatic rings. The quantitative estimate of drug-likeness (QED) is 0.847. The smallest absolute Gasteiger partial charge is 0.270 e. The molecule has 0 spiro atoms. The van der Waals surface area contributed by atoms with Gasteiger partial charge in [0.05, 0.1) is 28.8 Å². The van der Waals surface area contributed by atoms with Crippen molar-refractivity contribution >= 4 is 35.2 Å². The van der Waals surface area contributed by atoms with Gasteiger partial charge in [0.1, 0.15) is 5.82 Å². The lowest BCUT2D eigenvalue weighted by molar-refractivity contribution is -0.113. The SMILES string of the molecule is Cn1cc([C@H]2SCC(=O)Nc3c2c(=O)[nH]n3C2CCSCC2)cn1. The van der Waals surface area contributed by atoms with E-state index in [1.54, 1.807) is 10.9 Å². The van der Waals surface area contributed by atoms with Crippen LogP contribution in [0.1, 0.15) is 35.3 Å². The van der Waals surface area contributed by atoms with Crippen molar-refractivity contribution in [3.8, 4) is 0 Å². The Balaban J connectivity index is 1.81. The highest BCUT2D eigenvalue weighted by Crippen LogP contribution is 2.41. The van der Waals surface area contributed by atoms with Gasteiger partial charge in [-0.15, -0.1) is 11.8 Å². The van der Waals surface area contributed by atoms with E-state index in [1.165, 1.54) is 11.8 Å². The number of carbonyl (C=O) groups is 1. The van der Waals surface area contributed by atoms with E-state index >= 15 is 0 Å². The maximum Gasteiger partial charge on any atom is 0.270 e. The standard InChI is InChI=1S/C15H19N5O2S2/c1-19-7-9(6-16-19)13-12-14(17-11(21)8-24-13)20(18-15(12)22)10-2-4-23-5-3-10/h6-7,10,13H,2-5,8H2,1H3,(H,17,21)(H,18,22)/t13-/m1/s1. The van der Waals surface area contributed by atoms with Gasteiger partial charge < -0.3 is 5.32 Å². The molecule has 0 aromatic carbocycles. The fourth-order valence-corrected chi connectivity index (χ4v) is 5.47. The first-order chi connectivity index (χ1) is 11.6. The van der Waals surface area contributed by atoms with Crippen LogP contribution in [0.25, 0.3) is 0 Å². The van der Waals surface area contributed by atoms with Gasteiger partial charge in [-0.05, 0) is 24.3 Å². The number of thioether (sulfide) groups is 2. The highest BCUT2D eigenvalue weighted by Gasteiger charge is 2.33. The molecule has 0 bridgehead atoms. The van der Waals surface area contributed by atoms with Crippen LogP contribution in [-0.2, 0) is 11.8 Å². The van der Waals surface area contributed by atoms with Crippen molar-refractivity contribution in [2.45, 2.75) is 24.1 Å². The van der Waals surface area contributed by atoms with Crippen LogP contribution in [0.5, 0.6) is 0 Å². The van der Waals surface area contributed by atoms with Crippen molar-refractivity contribution in [1.29, 1.82) is 0 Å². The number of aryl methyl sites for hydroxylation is 1. The first-order valence-electron chi connectivity index (χ1n) is 7.95. The van der Waals surface area contributed by atoms with Gasteiger partial charge in [0.2, 0.25) is 5.91 Å². The summed E-state index contributed by atoms with van der Waals surface area (Å²) in [4.78, 5) is 24.9. The zero-order valence-corrected chi connectivity index (χ0v) is 15.0. The van der Waals surface area contributed by atoms with E-state index in [0.29, 0.717) is 17.1 Å². The summed E-state index contributed by atoms with van der Waals surface area (Å²) >= 11 is 3.41. The van der Waals surface area contributed by atoms with Crippen LogP contribution >= 0.6 is 23.5 Å². The molecule has 0 unspecified atom stereocenters. The molecule has 1 saturated heterocycles. The molecule has 2 aromatic heterocycles. The van der Waals surface area contributed by atoms with E-state index in [2.05, 4.69) is 15.5 Å². The van der Waals surface area contributed by atoms with Crippen molar-refractivity contribution < 1.29 is 4.79 Å². The van der Waals surface area contributed by atoms with Gasteiger partial charge in [0.15, 0.2) is 0 Å². The maximum atomic E-state index is 12.7. The van der Waals surface area contributed by atoms with Gasteiger partial charge in [-0.1, -0.05) is 0 Å². The van der Waals surface area contributed by atoms with E-state index < -0.39 is 0 Å². The third kappa shape index (κ3) is 2.79. The summed E-state index contributed by atoms with van der Waals surface area (Å²) in [5.41, 5.74) is 1.46. The molecule has 1 amide bonds. The van der Waals surface area contributed by atoms with Crippen LogP contribution in [0.3, 0.4) is 0 Å². The third-order valence-electron chi connectivity index (χ3n) is 4.45. The summed E-state index contributed by atoms with van der Waals surface area (Å²) in [5, 5.41) is 9.96. The van der Waals surface area contributed by atoms with Crippen molar-refractivity contribution in [3.05, 3.63) is 33.9 Å². The van der Waals surface area contributed by atoms with Gasteiger partial charge in [-0.25, -0.2) is 0 Å². The molecular weight excluding hydrogens is 346 g/mol. The van der Waals surface area contributed by atoms with Crippen molar-refractivity contribution in [1.82, 2.24) is 19.6 Å². The lowest BCUT2D eigenvalue weighted by atomic mass is 10.1. The largest absolute Gasteiger partial charge is 0.310 e. The first-order valence-corrected chi connectivity index (χ1v) is 10.2. The Bertz CT molecular complexity index is 818. The van der Waals surface area contributed by atoms with Crippen LogP contribution in [0.2, 0.25) is 0 Å². The second kappa shape index (κ2) is 6.36. The predicted molar refractivity (Wildman–Crippen MR) is 96.8 cm³/mol. The summed E-state index contributed by atoms with van der Waals surface area (Å²) in [7, 11) is 1.85. The number of H-pyrrole nitrogens is 1. The molecule has 0 aliphatic carbocycles. The normalized spacial score (nSPS) is 22.0. The lowest BCUT2D eigenvalue weighted by Crippen LogP contribution is -2.22. The number of nitrogens with zero attached hydrogens (tertiary/aromatic N) is 3. The highest BCUT2D eigenvalue weighted by atomic mass is 32.2. The molecule has 128 valence electrons. The molecule has 1 fully saturated rings. The number of fused-ring (bicyclic) bond motifs is 1. The maximum absolute atomic E-state index is 12.7. The molecule has 9 heteroatoms. The van der Waals surface area contributed by atoms with Gasteiger partial charge in [-0.3, -0.25) is 24.1 Å². The summed E-state index contributed by atoms with van der Waals surface area (Å²) in [6, 6.07) is 0.237. The van der Waals surface area contributed by atoms with Gasteiger partial charge in [0, 0.05) is 18.8 Å². The van der Waals surface area contributed by atoms with Crippen molar-refractivity contribution in [2.24, 2.45) is 7.05 Å². The Morgan fingerprint density at radius 3 is 2.79 bits per heavy atom. The summed E-state index contributed by atoms with van der Waals surface area (Å²) in [5.74, 6) is 3.06. The topological polar surface area (TPSA) is 84.7 Å². The Kier molecular flexibility index (Phi) is 4.21. The number of anilines is 1. The zero-order valence-electron chi connectivity index (χ0n) is 13.3. The van der Waals surface area contributed by atoms with Crippen LogP contribution in [0.4, 0.5) is 5.82 Å². The Labute approximate surface area is 147 Å². The van der Waals surface area contributed by atoms with E-state index in [4.69, 9.17) is 0 Å². The van der Waals surface area contributed by atoms with Crippen molar-refractivity contribution in [3.63, 3.8) is 0 Å². The highest BCUT2D eigenvalue weighted by molar-refractivity contribution is 8.00. The molecular formula is C15H19N5O2S2. The number of nitrogens with one attached hydrogen (secondary N) is 2. The number of hydrogen-bond acceptors (Lipinski definition) is 5. The minimum absolute atomic E-state index is 0.0643. The monoisotopic (exact) mass is 365 g/mol. The number of aromatic nitrogens is 4. The van der Waals surface area contributed by atoms with Crippen LogP contribution < -0.4 is 10.9 Å². The molecule has 24 heavy (non-hydrogen) atoms. The average Bonchev–Trinajstić information content (AvgIpc) is 3.08. The molecule has 4 heterocycles. The Morgan fingerprint density at radius 2 is 2.08 bits per heavy atom. The van der Waals surface area contributed by atoms with Crippen LogP contribution in [0.15, 0.2) is 17.2 Å². The molecule has 2 aromatic rings. The number of amides is 1. The molecule has 2 N–H and O–H groups in total. The molecule has 2 aliphatic heterocycles. The molecule has 0 radical (unpaired) electrons. The minimum atomic E-state index is -0.185. The predicted octanol–water partition coefficient (Wildman–Crippen LogP) is 1.75. The average molecular weight is 365 g/mol. The fraction of sp³-hybridized carbons (Fsp3) is 0.533. The molecule has 1 atom stereocenters. The summed E-state index contributed by atoms with van der Waals surface area (Å²) < 4.78 is 3.61. The Morgan fingerprint density at radius 1 is 1.29 bits per heavy atom. The summed E-state index contributed by atoms with van der Waals surface area (Å²) in [6.07, 6.45) is 5.68. The molecule has 4 rings (SSSR count). The van der Waals surface area contributed by atoms with E-state index in [-0.39, 0.29) is 22.8 Å². The minimum Gasteiger partial charge on any atom is -0.310 e. The zero-order chi connectivity index (χ0) is 16.7. The lowest BCUT2D eigenvalue weighted by Gasteiger charge is -2.24. The number of hydrogen-bond donors (Lipinski definition) is 2. The third-order valence-corrected chi connectivity index (χ3v) is 6.77. The number of aromatic amines is 1. The van der Waals surface area contributed by atoms with Gasteiger partial charge >= 0.3 is 0 Å². The van der Waals surface area contributed by atoms with E-state index in [1.807, 2.05) is 29.7 Å². The van der Waals surface area contributed by atoms with Crippen molar-refractivity contribution in [2.75, 3.05) is 22.6 Å². The van der Waals surface area contributed by atoms with E-state index in [0.717, 1.165) is 29.9 Å². The number of carbonyl (C=O) groups excluding carboxylic acids is 1. The Hall–Kier alpha value is -1.61. The first kappa shape index (κ1) is 15.9. The van der Waals surface area contributed by atoms with Crippen LogP contribution in [0, 0.1) is 0 Å². The van der Waals surface area contributed by atoms with Gasteiger partial charge in [-0.2, -0.15) is 16.9 Å². The second-order valence-corrected chi connectivity index (χ2v) is 8.42. The van der Waals surface area contributed by atoms with Gasteiger partial charge in [0.25, 0.3) is 5.56 Å². The fourth-order valence-electron chi connectivity index (χ4n) is 3.30.